The lowest BCUT2D eigenvalue weighted by molar-refractivity contribution is -0.147. The van der Waals surface area contributed by atoms with Crippen molar-refractivity contribution in [3.8, 4) is 0 Å². The highest BCUT2D eigenvalue weighted by atomic mass is 35.5. The van der Waals surface area contributed by atoms with Crippen LogP contribution in [0.15, 0.2) is 11.6 Å². The molecule has 126 valence electrons. The predicted octanol–water partition coefficient (Wildman–Crippen LogP) is 4.62. The Morgan fingerprint density at radius 3 is 2.17 bits per heavy atom. The summed E-state index contributed by atoms with van der Waals surface area (Å²) in [5.74, 6) is -7.48. The Morgan fingerprint density at radius 1 is 1.17 bits per heavy atom. The van der Waals surface area contributed by atoms with Crippen LogP contribution in [0.3, 0.4) is 0 Å². The van der Waals surface area contributed by atoms with Crippen molar-refractivity contribution in [3.63, 3.8) is 0 Å². The molecule has 2 rings (SSSR count). The number of ether oxygens (including phenoxy) is 1. The second kappa shape index (κ2) is 6.15. The molecule has 0 aliphatic heterocycles. The standard InChI is InChI=1S/C16H15ClF4O2/c1-7-11(18)13(20)8(14(21)12(7)19)6-23-15(22)10-9(4-5-17)16(10,2)3/h4-5,9-10H,6H2,1-3H3/t9-,10+/m1/s1. The predicted molar refractivity (Wildman–Crippen MR) is 76.6 cm³/mol. The lowest BCUT2D eigenvalue weighted by Crippen LogP contribution is -2.14. The van der Waals surface area contributed by atoms with Gasteiger partial charge in [-0.1, -0.05) is 31.5 Å². The maximum atomic E-state index is 13.7. The Bertz CT molecular complexity index is 656. The maximum Gasteiger partial charge on any atom is 0.310 e. The van der Waals surface area contributed by atoms with Gasteiger partial charge in [-0.2, -0.15) is 0 Å². The fraction of sp³-hybridized carbons (Fsp3) is 0.438. The number of allylic oxidation sites excluding steroid dienone is 1. The Labute approximate surface area is 136 Å². The van der Waals surface area contributed by atoms with E-state index in [9.17, 15) is 22.4 Å². The van der Waals surface area contributed by atoms with Crippen LogP contribution >= 0.6 is 11.6 Å². The summed E-state index contributed by atoms with van der Waals surface area (Å²) in [6, 6.07) is 0. The first kappa shape index (κ1) is 17.8. The normalized spacial score (nSPS) is 22.4. The van der Waals surface area contributed by atoms with E-state index in [1.165, 1.54) is 5.54 Å². The van der Waals surface area contributed by atoms with E-state index in [2.05, 4.69) is 0 Å². The van der Waals surface area contributed by atoms with Crippen molar-refractivity contribution in [2.45, 2.75) is 27.4 Å². The molecule has 2 nitrogen and oxygen atoms in total. The molecule has 1 aromatic carbocycles. The summed E-state index contributed by atoms with van der Waals surface area (Å²) >= 11 is 5.48. The number of halogens is 5. The number of hydrogen-bond acceptors (Lipinski definition) is 2. The first-order chi connectivity index (χ1) is 10.6. The number of esters is 1. The molecule has 0 saturated heterocycles. The van der Waals surface area contributed by atoms with Crippen LogP contribution in [-0.4, -0.2) is 5.97 Å². The van der Waals surface area contributed by atoms with Gasteiger partial charge in [0, 0.05) is 11.1 Å². The summed E-state index contributed by atoms with van der Waals surface area (Å²) in [5, 5.41) is 0. The molecule has 23 heavy (non-hydrogen) atoms. The second-order valence-corrected chi connectivity index (χ2v) is 6.36. The van der Waals surface area contributed by atoms with Crippen LogP contribution in [0, 0.1) is 47.4 Å². The van der Waals surface area contributed by atoms with Crippen LogP contribution in [0.25, 0.3) is 0 Å². The fourth-order valence-electron chi connectivity index (χ4n) is 2.71. The van der Waals surface area contributed by atoms with E-state index in [0.29, 0.717) is 0 Å². The number of carbonyl (C=O) groups is 1. The zero-order chi connectivity index (χ0) is 17.5. The molecule has 0 heterocycles. The van der Waals surface area contributed by atoms with Crippen LogP contribution in [0.1, 0.15) is 25.0 Å². The molecule has 1 fully saturated rings. The van der Waals surface area contributed by atoms with Crippen molar-refractivity contribution in [3.05, 3.63) is 46.0 Å². The first-order valence-corrected chi connectivity index (χ1v) is 7.33. The summed E-state index contributed by atoms with van der Waals surface area (Å²) in [5.41, 5.74) is -0.819. The van der Waals surface area contributed by atoms with Crippen molar-refractivity contribution in [2.75, 3.05) is 0 Å². The van der Waals surface area contributed by atoms with E-state index >= 15 is 0 Å². The van der Waals surface area contributed by atoms with Gasteiger partial charge in [-0.05, 0) is 18.3 Å². The van der Waals surface area contributed by atoms with Gasteiger partial charge in [-0.3, -0.25) is 4.79 Å². The summed E-state index contributed by atoms with van der Waals surface area (Å²) in [7, 11) is 0. The van der Waals surface area contributed by atoms with Gasteiger partial charge in [0.05, 0.1) is 11.5 Å². The Hall–Kier alpha value is -1.56. The van der Waals surface area contributed by atoms with E-state index in [4.69, 9.17) is 16.3 Å². The van der Waals surface area contributed by atoms with E-state index in [1.54, 1.807) is 6.08 Å². The molecule has 0 N–H and O–H groups in total. The molecule has 0 bridgehead atoms. The molecule has 1 aromatic rings. The minimum atomic E-state index is -1.55. The maximum absolute atomic E-state index is 13.7. The zero-order valence-electron chi connectivity index (χ0n) is 12.7. The van der Waals surface area contributed by atoms with Gasteiger partial charge in [0.15, 0.2) is 23.3 Å². The molecule has 1 aliphatic carbocycles. The molecule has 0 radical (unpaired) electrons. The molecule has 0 aromatic heterocycles. The van der Waals surface area contributed by atoms with Crippen molar-refractivity contribution < 1.29 is 27.1 Å². The highest BCUT2D eigenvalue weighted by Gasteiger charge is 2.61. The molecule has 0 unspecified atom stereocenters. The topological polar surface area (TPSA) is 26.3 Å². The minimum Gasteiger partial charge on any atom is -0.460 e. The lowest BCUT2D eigenvalue weighted by Gasteiger charge is -2.10. The monoisotopic (exact) mass is 350 g/mol. The van der Waals surface area contributed by atoms with E-state index < -0.39 is 58.3 Å². The second-order valence-electron chi connectivity index (χ2n) is 6.11. The van der Waals surface area contributed by atoms with Gasteiger partial charge in [0.1, 0.15) is 6.61 Å². The van der Waals surface area contributed by atoms with Crippen molar-refractivity contribution in [2.24, 2.45) is 17.3 Å². The van der Waals surface area contributed by atoms with Crippen molar-refractivity contribution >= 4 is 17.6 Å². The van der Waals surface area contributed by atoms with Gasteiger partial charge in [-0.15, -0.1) is 0 Å². The van der Waals surface area contributed by atoms with Gasteiger partial charge in [0.25, 0.3) is 0 Å². The summed E-state index contributed by atoms with van der Waals surface area (Å²) < 4.78 is 59.2. The van der Waals surface area contributed by atoms with Crippen LogP contribution in [-0.2, 0) is 16.1 Å². The smallest absolute Gasteiger partial charge is 0.310 e. The molecule has 7 heteroatoms. The van der Waals surface area contributed by atoms with Crippen molar-refractivity contribution in [1.82, 2.24) is 0 Å². The molecule has 1 aliphatic rings. The van der Waals surface area contributed by atoms with Crippen LogP contribution in [0.4, 0.5) is 17.6 Å². The fourth-order valence-corrected chi connectivity index (χ4v) is 2.87. The molecule has 1 saturated carbocycles. The summed E-state index contributed by atoms with van der Waals surface area (Å²) in [6.07, 6.45) is 1.62. The lowest BCUT2D eigenvalue weighted by atomic mass is 10.1. The highest BCUT2D eigenvalue weighted by Crippen LogP contribution is 2.59. The third kappa shape index (κ3) is 2.96. The van der Waals surface area contributed by atoms with Gasteiger partial charge in [0.2, 0.25) is 0 Å². The first-order valence-electron chi connectivity index (χ1n) is 6.89. The largest absolute Gasteiger partial charge is 0.460 e. The third-order valence-electron chi connectivity index (χ3n) is 4.38. The van der Waals surface area contributed by atoms with E-state index in [0.717, 1.165) is 6.92 Å². The molecular formula is C16H15ClF4O2. The molecule has 0 spiro atoms. The molecule has 2 atom stereocenters. The Morgan fingerprint density at radius 2 is 1.70 bits per heavy atom. The van der Waals surface area contributed by atoms with E-state index in [-0.39, 0.29) is 5.92 Å². The van der Waals surface area contributed by atoms with Gasteiger partial charge in [-0.25, -0.2) is 17.6 Å². The van der Waals surface area contributed by atoms with Crippen LogP contribution in [0.2, 0.25) is 0 Å². The van der Waals surface area contributed by atoms with Crippen LogP contribution in [0.5, 0.6) is 0 Å². The average molecular weight is 351 g/mol. The molecule has 0 amide bonds. The summed E-state index contributed by atoms with van der Waals surface area (Å²) in [6.45, 7) is 3.66. The van der Waals surface area contributed by atoms with Gasteiger partial charge < -0.3 is 4.74 Å². The molecular weight excluding hydrogens is 336 g/mol. The Kier molecular flexibility index (Phi) is 4.76. The SMILES string of the molecule is Cc1c(F)c(F)c(COC(=O)[C@@H]2[C@@H](C=CCl)C2(C)C)c(F)c1F. The quantitative estimate of drug-likeness (QED) is 0.450. The number of rotatable bonds is 4. The number of hydrogen-bond donors (Lipinski definition) is 0. The zero-order valence-corrected chi connectivity index (χ0v) is 13.5. The number of benzene rings is 1. The third-order valence-corrected chi connectivity index (χ3v) is 4.52. The Balaban J connectivity index is 2.15. The average Bonchev–Trinajstić information content (AvgIpc) is 3.04. The van der Waals surface area contributed by atoms with Gasteiger partial charge >= 0.3 is 5.97 Å². The van der Waals surface area contributed by atoms with E-state index in [1.807, 2.05) is 13.8 Å². The number of carbonyl (C=O) groups excluding carboxylic acids is 1. The van der Waals surface area contributed by atoms with Crippen molar-refractivity contribution in [1.29, 1.82) is 0 Å². The minimum absolute atomic E-state index is 0.159. The highest BCUT2D eigenvalue weighted by molar-refractivity contribution is 6.25. The summed E-state index contributed by atoms with van der Waals surface area (Å²) in [4.78, 5) is 12.0. The van der Waals surface area contributed by atoms with Crippen LogP contribution < -0.4 is 0 Å².